The number of benzene rings is 2. The molecule has 0 aliphatic heterocycles. The van der Waals surface area contributed by atoms with Crippen LogP contribution in [0.5, 0.6) is 0 Å². The molecule has 2 amide bonds. The van der Waals surface area contributed by atoms with Gasteiger partial charge in [0.05, 0.1) is 29.5 Å². The van der Waals surface area contributed by atoms with E-state index < -0.39 is 15.7 Å². The van der Waals surface area contributed by atoms with E-state index in [1.54, 1.807) is 36.5 Å². The minimum Gasteiger partial charge on any atom is -0.384 e. The fraction of sp³-hybridized carbons (Fsp3) is 0.174. The summed E-state index contributed by atoms with van der Waals surface area (Å²) in [5.41, 5.74) is 1.86. The van der Waals surface area contributed by atoms with Crippen molar-refractivity contribution in [3.8, 4) is 0 Å². The Morgan fingerprint density at radius 1 is 0.938 bits per heavy atom. The summed E-state index contributed by atoms with van der Waals surface area (Å²) in [4.78, 5) is 29.2. The highest BCUT2D eigenvalue weighted by atomic mass is 32.2. The number of nitrogens with one attached hydrogen (secondary N) is 2. The number of amides is 2. The van der Waals surface area contributed by atoms with Gasteiger partial charge in [-0.1, -0.05) is 12.1 Å². The van der Waals surface area contributed by atoms with E-state index in [4.69, 9.17) is 4.74 Å². The molecule has 0 atom stereocenters. The lowest BCUT2D eigenvalue weighted by Gasteiger charge is -2.09. The zero-order valence-corrected chi connectivity index (χ0v) is 18.3. The van der Waals surface area contributed by atoms with Gasteiger partial charge in [-0.05, 0) is 54.6 Å². The van der Waals surface area contributed by atoms with Crippen LogP contribution in [0.3, 0.4) is 0 Å². The van der Waals surface area contributed by atoms with Gasteiger partial charge in [0.1, 0.15) is 0 Å². The molecule has 0 aliphatic rings. The second-order valence-electron chi connectivity index (χ2n) is 6.87. The quantitative estimate of drug-likeness (QED) is 0.515. The summed E-state index contributed by atoms with van der Waals surface area (Å²) in [5, 5.41) is 5.50. The number of anilines is 1. The van der Waals surface area contributed by atoms with Gasteiger partial charge in [0, 0.05) is 30.1 Å². The standard InChI is InChI=1S/C23H23N3O5S/c1-31-13-14-32(29,30)21-10-8-17(9-11-21)23(28)26-19-7-4-5-18(15-19)22(27)25-16-20-6-2-3-12-24-20/h2-12,15H,13-14,16H2,1H3,(H,25,27)(H,26,28). The summed E-state index contributed by atoms with van der Waals surface area (Å²) in [7, 11) is -2.04. The molecule has 0 spiro atoms. The molecule has 3 rings (SSSR count). The van der Waals surface area contributed by atoms with Gasteiger partial charge in [-0.2, -0.15) is 0 Å². The molecule has 0 saturated carbocycles. The van der Waals surface area contributed by atoms with Gasteiger partial charge in [-0.15, -0.1) is 0 Å². The lowest BCUT2D eigenvalue weighted by Crippen LogP contribution is -2.23. The smallest absolute Gasteiger partial charge is 0.255 e. The lowest BCUT2D eigenvalue weighted by molar-refractivity contribution is 0.0949. The summed E-state index contributed by atoms with van der Waals surface area (Å²) in [6, 6.07) is 17.6. The Hall–Kier alpha value is -3.56. The number of sulfone groups is 1. The molecule has 0 bridgehead atoms. The van der Waals surface area contributed by atoms with E-state index in [-0.39, 0.29) is 29.7 Å². The molecule has 166 valence electrons. The minimum atomic E-state index is -3.47. The predicted octanol–water partition coefficient (Wildman–Crippen LogP) is 2.68. The molecule has 2 aromatic carbocycles. The van der Waals surface area contributed by atoms with Crippen LogP contribution in [0.1, 0.15) is 26.4 Å². The first-order valence-corrected chi connectivity index (χ1v) is 11.5. The highest BCUT2D eigenvalue weighted by Crippen LogP contribution is 2.16. The second kappa shape index (κ2) is 10.7. The Morgan fingerprint density at radius 2 is 1.72 bits per heavy atom. The maximum absolute atomic E-state index is 12.5. The number of hydrogen-bond donors (Lipinski definition) is 2. The second-order valence-corrected chi connectivity index (χ2v) is 8.98. The summed E-state index contributed by atoms with van der Waals surface area (Å²) >= 11 is 0. The number of methoxy groups -OCH3 is 1. The summed E-state index contributed by atoms with van der Waals surface area (Å²) < 4.78 is 29.2. The maximum Gasteiger partial charge on any atom is 0.255 e. The summed E-state index contributed by atoms with van der Waals surface area (Å²) in [5.74, 6) is -0.848. The van der Waals surface area contributed by atoms with Crippen molar-refractivity contribution in [3.05, 3.63) is 89.7 Å². The Kier molecular flexibility index (Phi) is 7.69. The van der Waals surface area contributed by atoms with Crippen LogP contribution >= 0.6 is 0 Å². The van der Waals surface area contributed by atoms with E-state index in [1.807, 2.05) is 12.1 Å². The van der Waals surface area contributed by atoms with Gasteiger partial charge in [0.2, 0.25) is 0 Å². The molecule has 9 heteroatoms. The van der Waals surface area contributed by atoms with E-state index in [0.717, 1.165) is 5.69 Å². The molecule has 0 fully saturated rings. The number of carbonyl (C=O) groups excluding carboxylic acids is 2. The van der Waals surface area contributed by atoms with E-state index in [1.165, 1.54) is 31.4 Å². The van der Waals surface area contributed by atoms with Gasteiger partial charge < -0.3 is 15.4 Å². The van der Waals surface area contributed by atoms with Gasteiger partial charge >= 0.3 is 0 Å². The average molecular weight is 454 g/mol. The van der Waals surface area contributed by atoms with Gasteiger partial charge in [-0.3, -0.25) is 14.6 Å². The van der Waals surface area contributed by atoms with Crippen LogP contribution in [0.15, 0.2) is 77.8 Å². The highest BCUT2D eigenvalue weighted by Gasteiger charge is 2.15. The van der Waals surface area contributed by atoms with Crippen molar-refractivity contribution < 1.29 is 22.7 Å². The summed E-state index contributed by atoms with van der Waals surface area (Å²) in [6.45, 7) is 0.381. The fourth-order valence-corrected chi connectivity index (χ4v) is 4.01. The predicted molar refractivity (Wildman–Crippen MR) is 120 cm³/mol. The van der Waals surface area contributed by atoms with Crippen molar-refractivity contribution in [2.75, 3.05) is 24.8 Å². The first kappa shape index (κ1) is 23.1. The molecule has 1 aromatic heterocycles. The van der Waals surface area contributed by atoms with Crippen LogP contribution < -0.4 is 10.6 Å². The first-order chi connectivity index (χ1) is 15.4. The largest absolute Gasteiger partial charge is 0.384 e. The molecule has 1 heterocycles. The Balaban J connectivity index is 1.63. The molecule has 0 unspecified atom stereocenters. The monoisotopic (exact) mass is 453 g/mol. The van der Waals surface area contributed by atoms with Crippen molar-refractivity contribution >= 4 is 27.3 Å². The van der Waals surface area contributed by atoms with Crippen molar-refractivity contribution in [3.63, 3.8) is 0 Å². The van der Waals surface area contributed by atoms with E-state index >= 15 is 0 Å². The molecule has 8 nitrogen and oxygen atoms in total. The molecular formula is C23H23N3O5S. The first-order valence-electron chi connectivity index (χ1n) is 9.80. The Bertz CT molecular complexity index is 1180. The maximum atomic E-state index is 12.5. The third-order valence-corrected chi connectivity index (χ3v) is 6.27. The van der Waals surface area contributed by atoms with Crippen molar-refractivity contribution in [2.45, 2.75) is 11.4 Å². The van der Waals surface area contributed by atoms with Crippen LogP contribution in [0, 0.1) is 0 Å². The van der Waals surface area contributed by atoms with Crippen LogP contribution in [0.2, 0.25) is 0 Å². The SMILES string of the molecule is COCCS(=O)(=O)c1ccc(C(=O)Nc2cccc(C(=O)NCc3ccccn3)c2)cc1. The molecule has 0 saturated heterocycles. The number of rotatable bonds is 9. The minimum absolute atomic E-state index is 0.0936. The third kappa shape index (κ3) is 6.22. The third-order valence-electron chi connectivity index (χ3n) is 4.57. The topological polar surface area (TPSA) is 114 Å². The van der Waals surface area contributed by atoms with E-state index in [9.17, 15) is 18.0 Å². The molecule has 2 N–H and O–H groups in total. The fourth-order valence-electron chi connectivity index (χ4n) is 2.84. The summed E-state index contributed by atoms with van der Waals surface area (Å²) in [6.07, 6.45) is 1.65. The van der Waals surface area contributed by atoms with Gasteiger partial charge in [-0.25, -0.2) is 8.42 Å². The van der Waals surface area contributed by atoms with Crippen LogP contribution in [-0.2, 0) is 21.1 Å². The molecule has 32 heavy (non-hydrogen) atoms. The number of aromatic nitrogens is 1. The molecule has 3 aromatic rings. The van der Waals surface area contributed by atoms with Crippen LogP contribution in [-0.4, -0.2) is 44.7 Å². The van der Waals surface area contributed by atoms with Gasteiger partial charge in [0.25, 0.3) is 11.8 Å². The Labute approximate surface area is 186 Å². The molecule has 0 aliphatic carbocycles. The molecule has 0 radical (unpaired) electrons. The van der Waals surface area contributed by atoms with E-state index in [2.05, 4.69) is 15.6 Å². The van der Waals surface area contributed by atoms with Crippen LogP contribution in [0.4, 0.5) is 5.69 Å². The van der Waals surface area contributed by atoms with Gasteiger partial charge in [0.15, 0.2) is 9.84 Å². The van der Waals surface area contributed by atoms with Crippen molar-refractivity contribution in [1.82, 2.24) is 10.3 Å². The lowest BCUT2D eigenvalue weighted by atomic mass is 10.1. The molecular weight excluding hydrogens is 430 g/mol. The number of nitrogens with zero attached hydrogens (tertiary/aromatic N) is 1. The highest BCUT2D eigenvalue weighted by molar-refractivity contribution is 7.91. The van der Waals surface area contributed by atoms with Crippen molar-refractivity contribution in [1.29, 1.82) is 0 Å². The van der Waals surface area contributed by atoms with Crippen molar-refractivity contribution in [2.24, 2.45) is 0 Å². The number of ether oxygens (including phenoxy) is 1. The number of carbonyl (C=O) groups is 2. The zero-order chi connectivity index (χ0) is 23.0. The average Bonchev–Trinajstić information content (AvgIpc) is 2.82. The number of hydrogen-bond acceptors (Lipinski definition) is 6. The number of pyridine rings is 1. The van der Waals surface area contributed by atoms with Crippen LogP contribution in [0.25, 0.3) is 0 Å². The Morgan fingerprint density at radius 3 is 2.41 bits per heavy atom. The zero-order valence-electron chi connectivity index (χ0n) is 17.4. The van der Waals surface area contributed by atoms with E-state index in [0.29, 0.717) is 16.8 Å². The normalized spacial score (nSPS) is 11.0.